The molecule has 2 saturated heterocycles. The number of rotatable bonds is 3. The van der Waals surface area contributed by atoms with E-state index >= 15 is 0 Å². The zero-order valence-electron chi connectivity index (χ0n) is 16.3. The molecule has 1 unspecified atom stereocenters. The van der Waals surface area contributed by atoms with E-state index in [-0.39, 0.29) is 0 Å². The number of fused-ring (bicyclic) bond motifs is 4. The smallest absolute Gasteiger partial charge is 0.351 e. The summed E-state index contributed by atoms with van der Waals surface area (Å²) in [6.45, 7) is 5.78. The zero-order valence-corrected chi connectivity index (χ0v) is 16.3. The number of halogens is 3. The van der Waals surface area contributed by atoms with Crippen LogP contribution in [-0.2, 0) is 12.6 Å². The number of benzene rings is 1. The van der Waals surface area contributed by atoms with Crippen molar-refractivity contribution >= 4 is 22.5 Å². The SMILES string of the molecule is CCCc1cc(C(F)(F)F)cc2c1nc(N1CCN3CCCC3C1)c1nncn12. The van der Waals surface area contributed by atoms with Crippen LogP contribution in [0.1, 0.15) is 37.3 Å². The average Bonchev–Trinajstić information content (AvgIpc) is 3.35. The molecule has 5 rings (SSSR count). The van der Waals surface area contributed by atoms with Gasteiger partial charge in [-0.1, -0.05) is 13.3 Å². The molecule has 0 amide bonds. The Morgan fingerprint density at radius 1 is 1.17 bits per heavy atom. The summed E-state index contributed by atoms with van der Waals surface area (Å²) in [6.07, 6.45) is 0.748. The number of anilines is 1. The predicted molar refractivity (Wildman–Crippen MR) is 104 cm³/mol. The number of hydrogen-bond acceptors (Lipinski definition) is 5. The maximum absolute atomic E-state index is 13.5. The molecule has 4 heterocycles. The standard InChI is InChI=1S/C20H23F3N6/c1-2-4-13-9-14(20(21,22)23)10-16-17(13)25-18(19-26-24-12-29(16)19)28-8-7-27-6-3-5-15(27)11-28/h9-10,12,15H,2-8,11H2,1H3. The summed E-state index contributed by atoms with van der Waals surface area (Å²) in [5.41, 5.74) is 1.50. The fourth-order valence-corrected chi connectivity index (χ4v) is 4.73. The molecule has 2 aromatic heterocycles. The van der Waals surface area contributed by atoms with Gasteiger partial charge in [-0.05, 0) is 43.5 Å². The van der Waals surface area contributed by atoms with Crippen LogP contribution in [-0.4, -0.2) is 56.7 Å². The summed E-state index contributed by atoms with van der Waals surface area (Å²) in [6, 6.07) is 2.91. The second-order valence-corrected chi connectivity index (χ2v) is 7.99. The Kier molecular flexibility index (Phi) is 4.38. The minimum atomic E-state index is -4.41. The summed E-state index contributed by atoms with van der Waals surface area (Å²) in [7, 11) is 0. The molecule has 0 bridgehead atoms. The lowest BCUT2D eigenvalue weighted by Crippen LogP contribution is -2.50. The third-order valence-corrected chi connectivity index (χ3v) is 6.13. The first-order chi connectivity index (χ1) is 14.0. The average molecular weight is 404 g/mol. The maximum atomic E-state index is 13.5. The van der Waals surface area contributed by atoms with Crippen LogP contribution < -0.4 is 4.90 Å². The summed E-state index contributed by atoms with van der Waals surface area (Å²) in [4.78, 5) is 9.61. The Morgan fingerprint density at radius 2 is 2.03 bits per heavy atom. The monoisotopic (exact) mass is 404 g/mol. The molecule has 2 aliphatic heterocycles. The lowest BCUT2D eigenvalue weighted by atomic mass is 10.0. The van der Waals surface area contributed by atoms with Crippen LogP contribution in [0.4, 0.5) is 19.0 Å². The van der Waals surface area contributed by atoms with E-state index in [9.17, 15) is 13.2 Å². The first kappa shape index (κ1) is 18.6. The predicted octanol–water partition coefficient (Wildman–Crippen LogP) is 3.53. The van der Waals surface area contributed by atoms with E-state index in [0.717, 1.165) is 44.5 Å². The minimum Gasteiger partial charge on any atom is -0.351 e. The van der Waals surface area contributed by atoms with E-state index < -0.39 is 11.7 Å². The number of piperazine rings is 1. The van der Waals surface area contributed by atoms with E-state index in [0.29, 0.717) is 34.7 Å². The van der Waals surface area contributed by atoms with Gasteiger partial charge in [0.1, 0.15) is 6.33 Å². The molecule has 0 radical (unpaired) electrons. The summed E-state index contributed by atoms with van der Waals surface area (Å²) in [5.74, 6) is 0.721. The van der Waals surface area contributed by atoms with Crippen LogP contribution in [0.5, 0.6) is 0 Å². The molecule has 9 heteroatoms. The third-order valence-electron chi connectivity index (χ3n) is 6.13. The first-order valence-corrected chi connectivity index (χ1v) is 10.2. The van der Waals surface area contributed by atoms with Crippen molar-refractivity contribution in [2.24, 2.45) is 0 Å². The molecule has 29 heavy (non-hydrogen) atoms. The van der Waals surface area contributed by atoms with Crippen LogP contribution in [0.3, 0.4) is 0 Å². The fourth-order valence-electron chi connectivity index (χ4n) is 4.73. The van der Waals surface area contributed by atoms with Crippen molar-refractivity contribution in [3.63, 3.8) is 0 Å². The van der Waals surface area contributed by atoms with Gasteiger partial charge in [-0.15, -0.1) is 10.2 Å². The lowest BCUT2D eigenvalue weighted by molar-refractivity contribution is -0.137. The van der Waals surface area contributed by atoms with Crippen LogP contribution in [0.2, 0.25) is 0 Å². The van der Waals surface area contributed by atoms with E-state index in [2.05, 4.69) is 20.0 Å². The Morgan fingerprint density at radius 3 is 2.83 bits per heavy atom. The quantitative estimate of drug-likeness (QED) is 0.669. The van der Waals surface area contributed by atoms with Gasteiger partial charge >= 0.3 is 6.18 Å². The van der Waals surface area contributed by atoms with Crippen molar-refractivity contribution in [2.45, 2.75) is 44.8 Å². The topological polar surface area (TPSA) is 49.6 Å². The molecule has 0 spiro atoms. The first-order valence-electron chi connectivity index (χ1n) is 10.2. The van der Waals surface area contributed by atoms with Gasteiger partial charge in [0.25, 0.3) is 0 Å². The lowest BCUT2D eigenvalue weighted by Gasteiger charge is -2.38. The van der Waals surface area contributed by atoms with E-state index in [1.54, 1.807) is 4.40 Å². The Labute approximate surface area is 166 Å². The van der Waals surface area contributed by atoms with Gasteiger partial charge < -0.3 is 4.90 Å². The number of aromatic nitrogens is 4. The summed E-state index contributed by atoms with van der Waals surface area (Å²) in [5, 5.41) is 8.21. The van der Waals surface area contributed by atoms with Gasteiger partial charge in [0.15, 0.2) is 5.82 Å². The fraction of sp³-hybridized carbons (Fsp3) is 0.550. The molecule has 6 nitrogen and oxygen atoms in total. The highest BCUT2D eigenvalue weighted by atomic mass is 19.4. The van der Waals surface area contributed by atoms with Crippen molar-refractivity contribution in [3.05, 3.63) is 29.6 Å². The molecule has 1 atom stereocenters. The third kappa shape index (κ3) is 3.11. The van der Waals surface area contributed by atoms with Crippen LogP contribution in [0.25, 0.3) is 16.7 Å². The van der Waals surface area contributed by atoms with Gasteiger partial charge in [0, 0.05) is 25.7 Å². The molecule has 1 aromatic carbocycles. The second kappa shape index (κ2) is 6.83. The highest BCUT2D eigenvalue weighted by molar-refractivity contribution is 5.86. The van der Waals surface area contributed by atoms with E-state index in [4.69, 9.17) is 4.98 Å². The van der Waals surface area contributed by atoms with Gasteiger partial charge in [0.2, 0.25) is 5.65 Å². The zero-order chi connectivity index (χ0) is 20.2. The summed E-state index contributed by atoms with van der Waals surface area (Å²) >= 11 is 0. The number of aryl methyl sites for hydroxylation is 1. The Balaban J connectivity index is 1.69. The molecule has 0 N–H and O–H groups in total. The molecular formula is C20H23F3N6. The van der Waals surface area contributed by atoms with Crippen molar-refractivity contribution in [2.75, 3.05) is 31.1 Å². The normalized spacial score (nSPS) is 20.7. The van der Waals surface area contributed by atoms with Crippen molar-refractivity contribution in [3.8, 4) is 0 Å². The number of alkyl halides is 3. The highest BCUT2D eigenvalue weighted by Gasteiger charge is 2.34. The van der Waals surface area contributed by atoms with Gasteiger partial charge in [-0.2, -0.15) is 13.2 Å². The largest absolute Gasteiger partial charge is 0.416 e. The Bertz CT molecular complexity index is 1060. The van der Waals surface area contributed by atoms with Crippen LogP contribution >= 0.6 is 0 Å². The molecule has 0 saturated carbocycles. The van der Waals surface area contributed by atoms with E-state index in [1.165, 1.54) is 25.2 Å². The van der Waals surface area contributed by atoms with Crippen LogP contribution in [0, 0.1) is 0 Å². The molecule has 154 valence electrons. The minimum absolute atomic E-state index is 0.409. The molecule has 3 aromatic rings. The highest BCUT2D eigenvalue weighted by Crippen LogP contribution is 2.35. The molecule has 2 fully saturated rings. The molecular weight excluding hydrogens is 381 g/mol. The van der Waals surface area contributed by atoms with Crippen LogP contribution in [0.15, 0.2) is 18.5 Å². The number of nitrogens with zero attached hydrogens (tertiary/aromatic N) is 6. The molecule has 0 aliphatic carbocycles. The number of hydrogen-bond donors (Lipinski definition) is 0. The second-order valence-electron chi connectivity index (χ2n) is 7.99. The van der Waals surface area contributed by atoms with Crippen molar-refractivity contribution < 1.29 is 13.2 Å². The van der Waals surface area contributed by atoms with Crippen molar-refractivity contribution in [1.82, 2.24) is 24.5 Å². The van der Waals surface area contributed by atoms with Gasteiger partial charge in [-0.25, -0.2) is 4.98 Å². The van der Waals surface area contributed by atoms with E-state index in [1.807, 2.05) is 6.92 Å². The van der Waals surface area contributed by atoms with Gasteiger partial charge in [-0.3, -0.25) is 9.30 Å². The Hall–Kier alpha value is -2.42. The van der Waals surface area contributed by atoms with Gasteiger partial charge in [0.05, 0.1) is 16.6 Å². The molecule has 2 aliphatic rings. The van der Waals surface area contributed by atoms with Crippen molar-refractivity contribution in [1.29, 1.82) is 0 Å². The maximum Gasteiger partial charge on any atom is 0.416 e. The summed E-state index contributed by atoms with van der Waals surface area (Å²) < 4.78 is 42.1.